The second-order valence-corrected chi connectivity index (χ2v) is 15.1. The average molecular weight is 733 g/mol. The van der Waals surface area contributed by atoms with Crippen LogP contribution < -0.4 is 0 Å². The maximum Gasteiger partial charge on any atom is 0.164 e. The maximum absolute atomic E-state index is 5.20. The van der Waals surface area contributed by atoms with Crippen LogP contribution in [0.25, 0.3) is 104 Å². The lowest BCUT2D eigenvalue weighted by Crippen LogP contribution is -2.02. The Morgan fingerprint density at radius 2 is 0.857 bits per heavy atom. The van der Waals surface area contributed by atoms with Crippen molar-refractivity contribution in [2.24, 2.45) is 0 Å². The minimum Gasteiger partial charge on any atom is -0.309 e. The molecule has 4 nitrogen and oxygen atoms in total. The second-order valence-electron chi connectivity index (χ2n) is 14.0. The van der Waals surface area contributed by atoms with E-state index in [0.29, 0.717) is 17.5 Å². The van der Waals surface area contributed by atoms with E-state index in [1.807, 2.05) is 47.7 Å². The van der Waals surface area contributed by atoms with Crippen molar-refractivity contribution in [2.45, 2.75) is 0 Å². The number of thiophene rings is 1. The summed E-state index contributed by atoms with van der Waals surface area (Å²) in [4.78, 5) is 15.4. The van der Waals surface area contributed by atoms with Gasteiger partial charge < -0.3 is 4.57 Å². The Bertz CT molecular complexity index is 3180. The summed E-state index contributed by atoms with van der Waals surface area (Å²) in [5.74, 6) is 1.89. The Labute approximate surface area is 327 Å². The highest BCUT2D eigenvalue weighted by molar-refractivity contribution is 7.26. The average Bonchev–Trinajstić information content (AvgIpc) is 3.83. The number of hydrogen-bond acceptors (Lipinski definition) is 4. The molecule has 0 aliphatic heterocycles. The lowest BCUT2D eigenvalue weighted by atomic mass is 9.97. The Morgan fingerprint density at radius 1 is 0.339 bits per heavy atom. The molecule has 0 bridgehead atoms. The number of nitrogens with zero attached hydrogens (tertiary/aromatic N) is 4. The van der Waals surface area contributed by atoms with Crippen LogP contribution in [0.2, 0.25) is 0 Å². The molecule has 0 atom stereocenters. The number of benzene rings is 8. The summed E-state index contributed by atoms with van der Waals surface area (Å²) in [6, 6.07) is 68.6. The molecular weight excluding hydrogens is 701 g/mol. The molecular formula is C51H32N4S. The van der Waals surface area contributed by atoms with E-state index in [0.717, 1.165) is 44.6 Å². The Morgan fingerprint density at radius 3 is 1.55 bits per heavy atom. The van der Waals surface area contributed by atoms with E-state index in [1.165, 1.54) is 42.0 Å². The lowest BCUT2D eigenvalue weighted by molar-refractivity contribution is 1.07. The monoisotopic (exact) mass is 732 g/mol. The van der Waals surface area contributed by atoms with Crippen molar-refractivity contribution in [1.29, 1.82) is 0 Å². The number of para-hydroxylation sites is 1. The van der Waals surface area contributed by atoms with Crippen molar-refractivity contribution >= 4 is 53.3 Å². The molecule has 0 saturated carbocycles. The van der Waals surface area contributed by atoms with Crippen LogP contribution in [-0.2, 0) is 0 Å². The summed E-state index contributed by atoms with van der Waals surface area (Å²) in [7, 11) is 0. The molecule has 11 rings (SSSR count). The van der Waals surface area contributed by atoms with Crippen molar-refractivity contribution in [3.8, 4) is 62.1 Å². The zero-order valence-corrected chi connectivity index (χ0v) is 31.0. The fourth-order valence-electron chi connectivity index (χ4n) is 8.02. The molecule has 0 amide bonds. The van der Waals surface area contributed by atoms with E-state index in [4.69, 9.17) is 15.0 Å². The smallest absolute Gasteiger partial charge is 0.164 e. The number of aromatic nitrogens is 4. The molecule has 5 heteroatoms. The molecule has 0 unspecified atom stereocenters. The fraction of sp³-hybridized carbons (Fsp3) is 0. The quantitative estimate of drug-likeness (QED) is 0.171. The molecule has 0 N–H and O–H groups in total. The van der Waals surface area contributed by atoms with E-state index >= 15 is 0 Å². The highest BCUT2D eigenvalue weighted by Crippen LogP contribution is 2.44. The molecule has 262 valence electrons. The topological polar surface area (TPSA) is 43.6 Å². The fourth-order valence-corrected chi connectivity index (χ4v) is 9.12. The first kappa shape index (κ1) is 32.2. The van der Waals surface area contributed by atoms with Gasteiger partial charge in [-0.3, -0.25) is 0 Å². The van der Waals surface area contributed by atoms with Gasteiger partial charge in [-0.05, 0) is 64.7 Å². The van der Waals surface area contributed by atoms with Gasteiger partial charge in [0, 0.05) is 53.3 Å². The first-order valence-electron chi connectivity index (χ1n) is 18.8. The Balaban J connectivity index is 1.23. The predicted molar refractivity (Wildman–Crippen MR) is 234 cm³/mol. The van der Waals surface area contributed by atoms with E-state index in [-0.39, 0.29) is 0 Å². The minimum absolute atomic E-state index is 0.618. The first-order chi connectivity index (χ1) is 27.7. The van der Waals surface area contributed by atoms with Gasteiger partial charge in [-0.25, -0.2) is 15.0 Å². The maximum atomic E-state index is 5.20. The van der Waals surface area contributed by atoms with Crippen LogP contribution in [0.3, 0.4) is 0 Å². The Hall–Kier alpha value is -7.21. The van der Waals surface area contributed by atoms with Crippen molar-refractivity contribution < 1.29 is 0 Å². The third kappa shape index (κ3) is 5.48. The van der Waals surface area contributed by atoms with E-state index in [9.17, 15) is 0 Å². The third-order valence-corrected chi connectivity index (χ3v) is 11.7. The molecule has 0 saturated heterocycles. The number of hydrogen-bond donors (Lipinski definition) is 0. The van der Waals surface area contributed by atoms with Gasteiger partial charge >= 0.3 is 0 Å². The first-order valence-corrected chi connectivity index (χ1v) is 19.6. The van der Waals surface area contributed by atoms with Crippen molar-refractivity contribution in [3.63, 3.8) is 0 Å². The van der Waals surface area contributed by atoms with Crippen LogP contribution in [0.5, 0.6) is 0 Å². The summed E-state index contributed by atoms with van der Waals surface area (Å²) in [6.07, 6.45) is 0. The van der Waals surface area contributed by atoms with Gasteiger partial charge in [0.25, 0.3) is 0 Å². The van der Waals surface area contributed by atoms with Gasteiger partial charge in [-0.15, -0.1) is 11.3 Å². The molecule has 0 fully saturated rings. The highest BCUT2D eigenvalue weighted by atomic mass is 32.1. The van der Waals surface area contributed by atoms with E-state index in [2.05, 4.69) is 162 Å². The third-order valence-electron chi connectivity index (χ3n) is 10.6. The van der Waals surface area contributed by atoms with Gasteiger partial charge in [0.2, 0.25) is 0 Å². The van der Waals surface area contributed by atoms with Crippen LogP contribution in [-0.4, -0.2) is 19.5 Å². The molecule has 0 aliphatic rings. The molecule has 0 aliphatic carbocycles. The van der Waals surface area contributed by atoms with E-state index in [1.54, 1.807) is 0 Å². The van der Waals surface area contributed by atoms with Crippen LogP contribution >= 0.6 is 11.3 Å². The normalized spacial score (nSPS) is 11.6. The molecule has 8 aromatic carbocycles. The molecule has 56 heavy (non-hydrogen) atoms. The Kier molecular flexibility index (Phi) is 7.64. The SMILES string of the molecule is c1ccc(-c2cccc(-c3cc(-c4nc(-c5ccccc5)nc(-c5ccccc5)n4)cc(-n4c5ccccc5c5ccc6sc7ccccc7c6c54)c3)c2)cc1. The van der Waals surface area contributed by atoms with Gasteiger partial charge in [0.1, 0.15) is 0 Å². The van der Waals surface area contributed by atoms with Crippen LogP contribution in [0.15, 0.2) is 194 Å². The molecule has 3 aromatic heterocycles. The zero-order valence-electron chi connectivity index (χ0n) is 30.2. The van der Waals surface area contributed by atoms with E-state index < -0.39 is 0 Å². The highest BCUT2D eigenvalue weighted by Gasteiger charge is 2.20. The summed E-state index contributed by atoms with van der Waals surface area (Å²) >= 11 is 1.85. The van der Waals surface area contributed by atoms with Gasteiger partial charge in [0.05, 0.1) is 11.0 Å². The summed E-state index contributed by atoms with van der Waals surface area (Å²) in [6.45, 7) is 0. The number of fused-ring (bicyclic) bond motifs is 7. The van der Waals surface area contributed by atoms with Gasteiger partial charge in [-0.1, -0.05) is 152 Å². The predicted octanol–water partition coefficient (Wildman–Crippen LogP) is 13.7. The van der Waals surface area contributed by atoms with Crippen molar-refractivity contribution in [1.82, 2.24) is 19.5 Å². The second kappa shape index (κ2) is 13.3. The van der Waals surface area contributed by atoms with Crippen LogP contribution in [0, 0.1) is 0 Å². The number of rotatable bonds is 6. The van der Waals surface area contributed by atoms with Crippen molar-refractivity contribution in [3.05, 3.63) is 194 Å². The molecule has 11 aromatic rings. The molecule has 0 spiro atoms. The van der Waals surface area contributed by atoms with Gasteiger partial charge in [-0.2, -0.15) is 0 Å². The largest absolute Gasteiger partial charge is 0.309 e. The van der Waals surface area contributed by atoms with Crippen molar-refractivity contribution in [2.75, 3.05) is 0 Å². The summed E-state index contributed by atoms with van der Waals surface area (Å²) < 4.78 is 5.01. The van der Waals surface area contributed by atoms with Crippen LogP contribution in [0.1, 0.15) is 0 Å². The van der Waals surface area contributed by atoms with Crippen LogP contribution in [0.4, 0.5) is 0 Å². The zero-order chi connectivity index (χ0) is 37.0. The molecule has 3 heterocycles. The molecule has 0 radical (unpaired) electrons. The van der Waals surface area contributed by atoms with Gasteiger partial charge in [0.15, 0.2) is 17.5 Å². The standard InChI is InChI=1S/C51H32N4S/c1-4-15-33(16-5-1)36-21-14-22-37(29-36)38-30-39(51-53-49(34-17-6-2-7-18-34)52-50(54-51)35-19-8-3-9-20-35)32-40(31-38)55-44-25-12-10-23-41(44)42-27-28-46-47(48(42)55)43-24-11-13-26-45(43)56-46/h1-32H. The summed E-state index contributed by atoms with van der Waals surface area (Å²) in [5, 5.41) is 4.99. The minimum atomic E-state index is 0.618. The lowest BCUT2D eigenvalue weighted by Gasteiger charge is -2.15. The summed E-state index contributed by atoms with van der Waals surface area (Å²) in [5.41, 5.74) is 10.7.